The third-order valence-electron chi connectivity index (χ3n) is 9.97. The monoisotopic (exact) mass is 635 g/mol. The molecule has 2 aromatic carbocycles. The first-order chi connectivity index (χ1) is 20.3. The van der Waals surface area contributed by atoms with Crippen LogP contribution in [0.2, 0.25) is 0 Å². The molecule has 0 saturated heterocycles. The van der Waals surface area contributed by atoms with Crippen LogP contribution in [0.5, 0.6) is 0 Å². The van der Waals surface area contributed by atoms with Crippen LogP contribution >= 0.6 is 0 Å². The molecule has 0 spiro atoms. The molecule has 0 radical (unpaired) electrons. The lowest BCUT2D eigenvalue weighted by Crippen LogP contribution is -2.55. The van der Waals surface area contributed by atoms with Crippen molar-refractivity contribution in [2.45, 2.75) is 86.3 Å². The fraction of sp³-hybridized carbons (Fsp3) is 0.545. The van der Waals surface area contributed by atoms with E-state index < -0.39 is 39.5 Å². The maximum atomic E-state index is 13.6. The van der Waals surface area contributed by atoms with Gasteiger partial charge in [0.05, 0.1) is 16.3 Å². The summed E-state index contributed by atoms with van der Waals surface area (Å²) in [5.74, 6) is -1.52. The molecule has 5 aliphatic carbocycles. The van der Waals surface area contributed by atoms with Gasteiger partial charge in [-0.25, -0.2) is 0 Å². The van der Waals surface area contributed by atoms with E-state index in [0.717, 1.165) is 25.7 Å². The predicted octanol–water partition coefficient (Wildman–Crippen LogP) is 7.70. The smallest absolute Gasteiger partial charge is 0.426 e. The highest BCUT2D eigenvalue weighted by atomic mass is 32.2. The second kappa shape index (κ2) is 11.6. The number of hydrogen-bond donors (Lipinski definition) is 1. The lowest BCUT2D eigenvalue weighted by molar-refractivity contribution is -0.227. The maximum absolute atomic E-state index is 13.6. The minimum absolute atomic E-state index is 0.117. The summed E-state index contributed by atoms with van der Waals surface area (Å²) in [5, 5.41) is 0. The number of benzene rings is 2. The number of alkyl halides is 3. The van der Waals surface area contributed by atoms with Crippen LogP contribution in [0.15, 0.2) is 75.4 Å². The van der Waals surface area contributed by atoms with Gasteiger partial charge < -0.3 is 4.74 Å². The zero-order valence-corrected chi connectivity index (χ0v) is 25.8. The lowest BCUT2D eigenvalue weighted by Gasteiger charge is -2.59. The molecule has 10 heteroatoms. The molecule has 5 nitrogen and oxygen atoms in total. The van der Waals surface area contributed by atoms with Crippen LogP contribution in [0.3, 0.4) is 0 Å². The number of carbonyl (C=O) groups excluding carboxylic acids is 1. The summed E-state index contributed by atoms with van der Waals surface area (Å²) >= 11 is 0. The molecule has 5 unspecified atom stereocenters. The SMILES string of the molecule is CC1C=C([S+](c2ccccc2)c2ccccc2C2C3CC4CC2CC(C(=O)OC(CS(=O)(=O)O)C(F)(F)F)(C4)C3)CCC1. The molecule has 4 bridgehead atoms. The summed E-state index contributed by atoms with van der Waals surface area (Å²) in [6.45, 7) is 2.27. The lowest BCUT2D eigenvalue weighted by atomic mass is 9.45. The Labute approximate surface area is 254 Å². The molecule has 0 aliphatic heterocycles. The fourth-order valence-corrected chi connectivity index (χ4v) is 11.9. The van der Waals surface area contributed by atoms with E-state index in [1.165, 1.54) is 26.7 Å². The summed E-state index contributed by atoms with van der Waals surface area (Å²) in [5.41, 5.74) is 0.221. The van der Waals surface area contributed by atoms with Crippen molar-refractivity contribution in [3.63, 3.8) is 0 Å². The number of allylic oxidation sites excluding steroid dienone is 2. The quantitative estimate of drug-likeness (QED) is 0.183. The van der Waals surface area contributed by atoms with Gasteiger partial charge in [0.25, 0.3) is 10.1 Å². The molecule has 7 rings (SSSR count). The molecule has 4 fully saturated rings. The zero-order valence-electron chi connectivity index (χ0n) is 24.1. The molecule has 43 heavy (non-hydrogen) atoms. The van der Waals surface area contributed by atoms with Crippen molar-refractivity contribution in [1.29, 1.82) is 0 Å². The highest BCUT2D eigenvalue weighted by molar-refractivity contribution is 8.00. The zero-order chi connectivity index (χ0) is 30.6. The molecular formula is C33H38F3O5S2+. The summed E-state index contributed by atoms with van der Waals surface area (Å²) in [6.07, 6.45) is 0.979. The van der Waals surface area contributed by atoms with Gasteiger partial charge in [-0.1, -0.05) is 43.3 Å². The van der Waals surface area contributed by atoms with Crippen LogP contribution < -0.4 is 0 Å². The number of hydrogen-bond acceptors (Lipinski definition) is 4. The predicted molar refractivity (Wildman–Crippen MR) is 159 cm³/mol. The van der Waals surface area contributed by atoms with Crippen molar-refractivity contribution in [3.05, 3.63) is 71.1 Å². The molecular weight excluding hydrogens is 597 g/mol. The first kappa shape index (κ1) is 30.7. The summed E-state index contributed by atoms with van der Waals surface area (Å²) < 4.78 is 77.6. The van der Waals surface area contributed by atoms with Gasteiger partial charge in [-0.05, 0) is 98.8 Å². The van der Waals surface area contributed by atoms with E-state index in [0.29, 0.717) is 25.2 Å². The fourth-order valence-electron chi connectivity index (χ4n) is 8.59. The normalized spacial score (nSPS) is 31.7. The van der Waals surface area contributed by atoms with Crippen LogP contribution in [0.4, 0.5) is 13.2 Å². The highest BCUT2D eigenvalue weighted by Crippen LogP contribution is 2.66. The van der Waals surface area contributed by atoms with Crippen LogP contribution in [-0.4, -0.2) is 37.0 Å². The van der Waals surface area contributed by atoms with Crippen LogP contribution in [0.25, 0.3) is 0 Å². The van der Waals surface area contributed by atoms with E-state index in [4.69, 9.17) is 9.29 Å². The third kappa shape index (κ3) is 6.29. The molecule has 0 heterocycles. The topological polar surface area (TPSA) is 80.7 Å². The molecule has 2 aromatic rings. The maximum Gasteiger partial charge on any atom is 0.426 e. The van der Waals surface area contributed by atoms with E-state index in [2.05, 4.69) is 61.5 Å². The molecule has 5 atom stereocenters. The van der Waals surface area contributed by atoms with Crippen molar-refractivity contribution in [2.24, 2.45) is 29.1 Å². The average molecular weight is 636 g/mol. The van der Waals surface area contributed by atoms with Crippen LogP contribution in [0, 0.1) is 29.1 Å². The first-order valence-electron chi connectivity index (χ1n) is 15.1. The molecule has 0 amide bonds. The second-order valence-corrected chi connectivity index (χ2v) is 16.7. The largest absolute Gasteiger partial charge is 0.451 e. The molecule has 0 aromatic heterocycles. The number of halogens is 3. The molecule has 4 saturated carbocycles. The van der Waals surface area contributed by atoms with Gasteiger partial charge >= 0.3 is 12.1 Å². The Morgan fingerprint density at radius 2 is 1.70 bits per heavy atom. The van der Waals surface area contributed by atoms with Gasteiger partial charge in [0.1, 0.15) is 10.7 Å². The Morgan fingerprint density at radius 3 is 2.33 bits per heavy atom. The first-order valence-corrected chi connectivity index (χ1v) is 18.0. The van der Waals surface area contributed by atoms with E-state index in [1.54, 1.807) is 0 Å². The number of esters is 1. The number of rotatable bonds is 8. The van der Waals surface area contributed by atoms with E-state index in [9.17, 15) is 26.4 Å². The van der Waals surface area contributed by atoms with Crippen molar-refractivity contribution in [1.82, 2.24) is 0 Å². The van der Waals surface area contributed by atoms with Gasteiger partial charge in [0, 0.05) is 12.0 Å². The number of carbonyl (C=O) groups is 1. The van der Waals surface area contributed by atoms with Crippen molar-refractivity contribution < 1.29 is 35.7 Å². The van der Waals surface area contributed by atoms with Crippen LogP contribution in [0.1, 0.15) is 69.8 Å². The van der Waals surface area contributed by atoms with Gasteiger partial charge in [-0.2, -0.15) is 21.6 Å². The summed E-state index contributed by atoms with van der Waals surface area (Å²) in [7, 11) is -5.26. The average Bonchev–Trinajstić information content (AvgIpc) is 2.92. The third-order valence-corrected chi connectivity index (χ3v) is 13.1. The molecule has 232 valence electrons. The van der Waals surface area contributed by atoms with Gasteiger partial charge in [-0.3, -0.25) is 9.35 Å². The van der Waals surface area contributed by atoms with Crippen molar-refractivity contribution in [3.8, 4) is 0 Å². The molecule has 1 N–H and O–H groups in total. The minimum atomic E-state index is -5.10. The van der Waals surface area contributed by atoms with E-state index >= 15 is 0 Å². The van der Waals surface area contributed by atoms with E-state index in [-0.39, 0.29) is 34.6 Å². The van der Waals surface area contributed by atoms with Gasteiger partial charge in [0.2, 0.25) is 6.10 Å². The van der Waals surface area contributed by atoms with Crippen molar-refractivity contribution >= 4 is 27.0 Å². The highest BCUT2D eigenvalue weighted by Gasteiger charge is 2.61. The Bertz CT molecular complexity index is 1470. The summed E-state index contributed by atoms with van der Waals surface area (Å²) in [6, 6.07) is 19.2. The Kier molecular flexibility index (Phi) is 8.26. The van der Waals surface area contributed by atoms with Gasteiger partial charge in [0.15, 0.2) is 9.79 Å². The second-order valence-electron chi connectivity index (χ2n) is 13.1. The van der Waals surface area contributed by atoms with E-state index in [1.807, 2.05) is 6.07 Å². The minimum Gasteiger partial charge on any atom is -0.451 e. The molecule has 5 aliphatic rings. The standard InChI is InChI=1S/C33H37F3O5S2/c1-21-8-7-11-26(14-21)42(25-9-3-2-4-10-25)28-13-6-5-12-27(28)30-23-15-22-16-24(30)19-32(17-22,18-23)31(37)41-29(33(34,35)36)20-43(38,39)40/h2-6,9-10,12-14,21-24,29-30H,7-8,11,15-20H2,1H3/p+1. The van der Waals surface area contributed by atoms with Crippen molar-refractivity contribution in [2.75, 3.05) is 5.75 Å². The van der Waals surface area contributed by atoms with Gasteiger partial charge in [-0.15, -0.1) is 0 Å². The Morgan fingerprint density at radius 1 is 1.05 bits per heavy atom. The Hall–Kier alpha value is -2.30. The summed E-state index contributed by atoms with van der Waals surface area (Å²) in [4.78, 5) is 17.5. The van der Waals surface area contributed by atoms with Crippen LogP contribution in [-0.2, 0) is 30.5 Å². The Balaban J connectivity index is 1.33. The number of ether oxygens (including phenoxy) is 1.